The minimum atomic E-state index is -0.191. The lowest BCUT2D eigenvalue weighted by molar-refractivity contribution is 0.102. The number of carbonyl (C=O) groups is 1. The molecule has 1 aromatic carbocycles. The van der Waals surface area contributed by atoms with E-state index >= 15 is 0 Å². The van der Waals surface area contributed by atoms with Crippen molar-refractivity contribution in [2.75, 3.05) is 17.2 Å². The quantitative estimate of drug-likeness (QED) is 0.876. The molecule has 2 rings (SSSR count). The first-order chi connectivity index (χ1) is 9.60. The van der Waals surface area contributed by atoms with Gasteiger partial charge in [-0.25, -0.2) is 0 Å². The van der Waals surface area contributed by atoms with Crippen molar-refractivity contribution in [3.63, 3.8) is 0 Å². The van der Waals surface area contributed by atoms with E-state index < -0.39 is 0 Å². The van der Waals surface area contributed by atoms with Crippen LogP contribution in [0.4, 0.5) is 11.5 Å². The molecule has 106 valence electrons. The van der Waals surface area contributed by atoms with Gasteiger partial charge in [0, 0.05) is 23.9 Å². The fourth-order valence-electron chi connectivity index (χ4n) is 1.88. The van der Waals surface area contributed by atoms with Gasteiger partial charge in [-0.15, -0.1) is 0 Å². The smallest absolute Gasteiger partial charge is 0.256 e. The van der Waals surface area contributed by atoms with E-state index in [-0.39, 0.29) is 5.91 Å². The highest BCUT2D eigenvalue weighted by atomic mass is 16.5. The molecule has 0 atom stereocenters. The Morgan fingerprint density at radius 3 is 2.70 bits per heavy atom. The highest BCUT2D eigenvalue weighted by molar-refractivity contribution is 6.04. The summed E-state index contributed by atoms with van der Waals surface area (Å²) in [7, 11) is 0. The molecular weight excluding hydrogens is 254 g/mol. The van der Waals surface area contributed by atoms with Crippen LogP contribution < -0.4 is 10.6 Å². The first-order valence-corrected chi connectivity index (χ1v) is 6.69. The Balaban J connectivity index is 2.08. The van der Waals surface area contributed by atoms with Gasteiger partial charge >= 0.3 is 0 Å². The Bertz CT molecular complexity index is 605. The number of aromatic nitrogens is 1. The third-order valence-corrected chi connectivity index (χ3v) is 2.92. The Kier molecular flexibility index (Phi) is 4.40. The van der Waals surface area contributed by atoms with Crippen LogP contribution >= 0.6 is 0 Å². The molecule has 0 aliphatic heterocycles. The van der Waals surface area contributed by atoms with Gasteiger partial charge in [-0.3, -0.25) is 4.79 Å². The topological polar surface area (TPSA) is 67.2 Å². The maximum atomic E-state index is 12.1. The molecule has 20 heavy (non-hydrogen) atoms. The predicted octanol–water partition coefficient (Wildman–Crippen LogP) is 3.37. The van der Waals surface area contributed by atoms with Gasteiger partial charge in [0.2, 0.25) is 0 Å². The summed E-state index contributed by atoms with van der Waals surface area (Å²) >= 11 is 0. The number of anilines is 2. The molecule has 0 radical (unpaired) electrons. The van der Waals surface area contributed by atoms with Crippen molar-refractivity contribution < 1.29 is 9.32 Å². The molecule has 1 heterocycles. The summed E-state index contributed by atoms with van der Waals surface area (Å²) in [5, 5.41) is 9.77. The van der Waals surface area contributed by atoms with Crippen LogP contribution in [-0.4, -0.2) is 17.6 Å². The van der Waals surface area contributed by atoms with Crippen LogP contribution in [0.3, 0.4) is 0 Å². The lowest BCUT2D eigenvalue weighted by Crippen LogP contribution is -2.12. The predicted molar refractivity (Wildman–Crippen MR) is 79.2 cm³/mol. The van der Waals surface area contributed by atoms with E-state index in [9.17, 15) is 4.79 Å². The number of hydrogen-bond acceptors (Lipinski definition) is 4. The van der Waals surface area contributed by atoms with E-state index in [1.807, 2.05) is 19.1 Å². The molecule has 1 amide bonds. The van der Waals surface area contributed by atoms with E-state index in [1.165, 1.54) is 0 Å². The summed E-state index contributed by atoms with van der Waals surface area (Å²) in [5.74, 6) is 0.900. The number of rotatable bonds is 5. The van der Waals surface area contributed by atoms with E-state index in [2.05, 4.69) is 22.7 Å². The Hall–Kier alpha value is -2.30. The zero-order chi connectivity index (χ0) is 14.5. The monoisotopic (exact) mass is 273 g/mol. The molecule has 1 aromatic heterocycles. The summed E-state index contributed by atoms with van der Waals surface area (Å²) in [6.45, 7) is 6.80. The Labute approximate surface area is 118 Å². The third-order valence-electron chi connectivity index (χ3n) is 2.92. The maximum absolute atomic E-state index is 12.1. The van der Waals surface area contributed by atoms with Gasteiger partial charge in [-0.1, -0.05) is 12.1 Å². The number of carbonyl (C=O) groups excluding carboxylic acids is 1. The molecule has 2 N–H and O–H groups in total. The van der Waals surface area contributed by atoms with Gasteiger partial charge in [-0.05, 0) is 44.0 Å². The van der Waals surface area contributed by atoms with Crippen LogP contribution in [0.5, 0.6) is 0 Å². The second-order valence-corrected chi connectivity index (χ2v) is 4.73. The van der Waals surface area contributed by atoms with Crippen molar-refractivity contribution in [1.29, 1.82) is 0 Å². The van der Waals surface area contributed by atoms with Crippen molar-refractivity contribution in [2.24, 2.45) is 0 Å². The highest BCUT2D eigenvalue weighted by Crippen LogP contribution is 2.17. The second kappa shape index (κ2) is 6.23. The van der Waals surface area contributed by atoms with E-state index in [0.29, 0.717) is 17.1 Å². The molecule has 0 fully saturated rings. The van der Waals surface area contributed by atoms with Gasteiger partial charge < -0.3 is 15.2 Å². The molecule has 5 nitrogen and oxygen atoms in total. The molecule has 5 heteroatoms. The molecule has 0 spiro atoms. The van der Waals surface area contributed by atoms with Gasteiger partial charge in [0.1, 0.15) is 5.76 Å². The number of hydrogen-bond donors (Lipinski definition) is 2. The summed E-state index contributed by atoms with van der Waals surface area (Å²) in [5.41, 5.74) is 2.70. The molecule has 0 bridgehead atoms. The molecule has 0 aliphatic rings. The Morgan fingerprint density at radius 2 is 2.10 bits per heavy atom. The first-order valence-electron chi connectivity index (χ1n) is 6.69. The van der Waals surface area contributed by atoms with Crippen molar-refractivity contribution in [2.45, 2.75) is 27.2 Å². The first kappa shape index (κ1) is 14.1. The molecule has 2 aromatic rings. The van der Waals surface area contributed by atoms with Crippen LogP contribution in [0.2, 0.25) is 0 Å². The minimum absolute atomic E-state index is 0.191. The SMILES string of the molecule is CCCNc1ccc(C(=O)Nc2cc(C)on2)cc1C. The molecule has 0 unspecified atom stereocenters. The fourth-order valence-corrected chi connectivity index (χ4v) is 1.88. The second-order valence-electron chi connectivity index (χ2n) is 4.73. The maximum Gasteiger partial charge on any atom is 0.256 e. The number of nitrogens with zero attached hydrogens (tertiary/aromatic N) is 1. The van der Waals surface area contributed by atoms with Crippen molar-refractivity contribution >= 4 is 17.4 Å². The molecule has 0 saturated heterocycles. The van der Waals surface area contributed by atoms with Gasteiger partial charge in [0.15, 0.2) is 5.82 Å². The molecule has 0 aliphatic carbocycles. The van der Waals surface area contributed by atoms with Gasteiger partial charge in [-0.2, -0.15) is 0 Å². The average Bonchev–Trinajstić information content (AvgIpc) is 2.82. The van der Waals surface area contributed by atoms with Gasteiger partial charge in [0.25, 0.3) is 5.91 Å². The van der Waals surface area contributed by atoms with Crippen molar-refractivity contribution in [3.8, 4) is 0 Å². The molecular formula is C15H19N3O2. The zero-order valence-electron chi connectivity index (χ0n) is 12.0. The van der Waals surface area contributed by atoms with Crippen LogP contribution in [0.25, 0.3) is 0 Å². The number of benzene rings is 1. The minimum Gasteiger partial charge on any atom is -0.385 e. The number of amides is 1. The van der Waals surface area contributed by atoms with Crippen LogP contribution in [-0.2, 0) is 0 Å². The van der Waals surface area contributed by atoms with E-state index in [4.69, 9.17) is 4.52 Å². The number of nitrogens with one attached hydrogen (secondary N) is 2. The van der Waals surface area contributed by atoms with Crippen LogP contribution in [0.15, 0.2) is 28.8 Å². The Morgan fingerprint density at radius 1 is 1.30 bits per heavy atom. The third kappa shape index (κ3) is 3.38. The summed E-state index contributed by atoms with van der Waals surface area (Å²) in [4.78, 5) is 12.1. The van der Waals surface area contributed by atoms with Crippen molar-refractivity contribution in [3.05, 3.63) is 41.2 Å². The average molecular weight is 273 g/mol. The van der Waals surface area contributed by atoms with Crippen LogP contribution in [0, 0.1) is 13.8 Å². The largest absolute Gasteiger partial charge is 0.385 e. The van der Waals surface area contributed by atoms with Gasteiger partial charge in [0.05, 0.1) is 0 Å². The normalized spacial score (nSPS) is 10.3. The summed E-state index contributed by atoms with van der Waals surface area (Å²) < 4.78 is 4.91. The van der Waals surface area contributed by atoms with E-state index in [0.717, 1.165) is 24.2 Å². The fraction of sp³-hybridized carbons (Fsp3) is 0.333. The highest BCUT2D eigenvalue weighted by Gasteiger charge is 2.10. The summed E-state index contributed by atoms with van der Waals surface area (Å²) in [6.07, 6.45) is 1.06. The van der Waals surface area contributed by atoms with E-state index in [1.54, 1.807) is 19.1 Å². The zero-order valence-corrected chi connectivity index (χ0v) is 12.0. The summed E-state index contributed by atoms with van der Waals surface area (Å²) in [6, 6.07) is 7.27. The van der Waals surface area contributed by atoms with Crippen molar-refractivity contribution in [1.82, 2.24) is 5.16 Å². The lowest BCUT2D eigenvalue weighted by atomic mass is 10.1. The van der Waals surface area contributed by atoms with Crippen LogP contribution in [0.1, 0.15) is 35.0 Å². The lowest BCUT2D eigenvalue weighted by Gasteiger charge is -2.10. The standard InChI is InChI=1S/C15H19N3O2/c1-4-7-16-13-6-5-12(8-10(13)2)15(19)17-14-9-11(3)20-18-14/h5-6,8-9,16H,4,7H2,1-3H3,(H,17,18,19). The number of aryl methyl sites for hydroxylation is 2. The molecule has 0 saturated carbocycles.